The van der Waals surface area contributed by atoms with E-state index in [0.29, 0.717) is 19.6 Å². The molecule has 1 N–H and O–H groups in total. The maximum Gasteiger partial charge on any atom is 0.0812 e. The van der Waals surface area contributed by atoms with Gasteiger partial charge in [0.05, 0.1) is 6.10 Å². The van der Waals surface area contributed by atoms with Gasteiger partial charge in [0.25, 0.3) is 0 Å². The Labute approximate surface area is 98.3 Å². The zero-order valence-electron chi connectivity index (χ0n) is 10.3. The molecule has 16 heavy (non-hydrogen) atoms. The van der Waals surface area contributed by atoms with Crippen LogP contribution in [0.3, 0.4) is 0 Å². The van der Waals surface area contributed by atoms with Gasteiger partial charge in [0.15, 0.2) is 0 Å². The van der Waals surface area contributed by atoms with Crippen LogP contribution in [0.5, 0.6) is 0 Å². The van der Waals surface area contributed by atoms with Crippen LogP contribution in [0.2, 0.25) is 0 Å². The minimum atomic E-state index is -0.401. The van der Waals surface area contributed by atoms with Crippen LogP contribution < -0.4 is 0 Å². The zero-order valence-corrected chi connectivity index (χ0v) is 10.3. The average molecular weight is 222 g/mol. The molecule has 0 fully saturated rings. The van der Waals surface area contributed by atoms with Crippen molar-refractivity contribution in [1.82, 2.24) is 0 Å². The third-order valence-electron chi connectivity index (χ3n) is 2.64. The largest absolute Gasteiger partial charge is 0.388 e. The summed E-state index contributed by atoms with van der Waals surface area (Å²) in [6, 6.07) is 8.23. The molecule has 0 saturated heterocycles. The lowest BCUT2D eigenvalue weighted by Crippen LogP contribution is -2.03. The van der Waals surface area contributed by atoms with Crippen LogP contribution in [0.15, 0.2) is 24.3 Å². The summed E-state index contributed by atoms with van der Waals surface area (Å²) in [5.41, 5.74) is 2.32. The summed E-state index contributed by atoms with van der Waals surface area (Å²) in [6.45, 7) is 5.47. The first kappa shape index (κ1) is 13.2. The van der Waals surface area contributed by atoms with Crippen LogP contribution in [0.25, 0.3) is 0 Å². The Morgan fingerprint density at radius 1 is 1.19 bits per heavy atom. The Morgan fingerprint density at radius 3 is 2.44 bits per heavy atom. The predicted molar refractivity (Wildman–Crippen MR) is 66.5 cm³/mol. The average Bonchev–Trinajstić information content (AvgIpc) is 2.30. The van der Waals surface area contributed by atoms with Crippen LogP contribution in [0.1, 0.15) is 43.9 Å². The van der Waals surface area contributed by atoms with E-state index in [1.54, 1.807) is 0 Å². The molecule has 0 aliphatic rings. The maximum atomic E-state index is 9.89. The van der Waals surface area contributed by atoms with Crippen molar-refractivity contribution in [2.24, 2.45) is 0 Å². The van der Waals surface area contributed by atoms with Crippen molar-refractivity contribution in [1.29, 1.82) is 0 Å². The molecule has 2 heteroatoms. The molecule has 1 aromatic rings. The molecule has 1 aromatic carbocycles. The number of benzene rings is 1. The monoisotopic (exact) mass is 222 g/mol. The molecule has 0 aliphatic carbocycles. The molecule has 0 aliphatic heterocycles. The minimum absolute atomic E-state index is 0.401. The van der Waals surface area contributed by atoms with Gasteiger partial charge in [-0.25, -0.2) is 0 Å². The lowest BCUT2D eigenvalue weighted by molar-refractivity contribution is 0.0886. The van der Waals surface area contributed by atoms with Gasteiger partial charge in [0.1, 0.15) is 0 Å². The van der Waals surface area contributed by atoms with Crippen LogP contribution in [-0.2, 0) is 11.2 Å². The van der Waals surface area contributed by atoms with E-state index >= 15 is 0 Å². The van der Waals surface area contributed by atoms with E-state index in [9.17, 15) is 5.11 Å². The van der Waals surface area contributed by atoms with Crippen molar-refractivity contribution in [2.75, 3.05) is 13.2 Å². The molecule has 0 spiro atoms. The van der Waals surface area contributed by atoms with Gasteiger partial charge < -0.3 is 9.84 Å². The molecule has 0 saturated carbocycles. The molecule has 0 radical (unpaired) electrons. The van der Waals surface area contributed by atoms with E-state index in [2.05, 4.69) is 19.1 Å². The molecular formula is C14H22O2. The lowest BCUT2D eigenvalue weighted by Gasteiger charge is -2.11. The van der Waals surface area contributed by atoms with Crippen molar-refractivity contribution < 1.29 is 9.84 Å². The van der Waals surface area contributed by atoms with E-state index in [1.807, 2.05) is 19.1 Å². The molecule has 90 valence electrons. The van der Waals surface area contributed by atoms with Gasteiger partial charge in [-0.15, -0.1) is 0 Å². The molecule has 1 atom stereocenters. The van der Waals surface area contributed by atoms with Crippen molar-refractivity contribution in [3.8, 4) is 0 Å². The number of hydrogen-bond donors (Lipinski definition) is 1. The maximum absolute atomic E-state index is 9.89. The van der Waals surface area contributed by atoms with Gasteiger partial charge in [0.2, 0.25) is 0 Å². The second-order valence-corrected chi connectivity index (χ2v) is 3.99. The first-order chi connectivity index (χ1) is 7.77. The summed E-state index contributed by atoms with van der Waals surface area (Å²) >= 11 is 0. The normalized spacial score (nSPS) is 12.7. The second-order valence-electron chi connectivity index (χ2n) is 3.99. The van der Waals surface area contributed by atoms with Crippen LogP contribution in [0.4, 0.5) is 0 Å². The number of aliphatic hydroxyl groups excluding tert-OH is 1. The SMILES string of the molecule is CCCc1ccc(C(O)CCOCC)cc1. The fourth-order valence-electron chi connectivity index (χ4n) is 1.70. The lowest BCUT2D eigenvalue weighted by atomic mass is 10.0. The number of aliphatic hydroxyl groups is 1. The van der Waals surface area contributed by atoms with E-state index in [1.165, 1.54) is 5.56 Å². The summed E-state index contributed by atoms with van der Waals surface area (Å²) in [6.07, 6.45) is 2.53. The van der Waals surface area contributed by atoms with Gasteiger partial charge >= 0.3 is 0 Å². The zero-order chi connectivity index (χ0) is 11.8. The highest BCUT2D eigenvalue weighted by Gasteiger charge is 2.06. The fraction of sp³-hybridized carbons (Fsp3) is 0.571. The highest BCUT2D eigenvalue weighted by Crippen LogP contribution is 2.17. The summed E-state index contributed by atoms with van der Waals surface area (Å²) in [5, 5.41) is 9.89. The Bertz CT molecular complexity index is 279. The van der Waals surface area contributed by atoms with Crippen LogP contribution >= 0.6 is 0 Å². The Hall–Kier alpha value is -0.860. The minimum Gasteiger partial charge on any atom is -0.388 e. The summed E-state index contributed by atoms with van der Waals surface area (Å²) in [7, 11) is 0. The van der Waals surface area contributed by atoms with Gasteiger partial charge in [-0.1, -0.05) is 37.6 Å². The number of aryl methyl sites for hydroxylation is 1. The van der Waals surface area contributed by atoms with E-state index < -0.39 is 6.10 Å². The van der Waals surface area contributed by atoms with Crippen LogP contribution in [0, 0.1) is 0 Å². The molecular weight excluding hydrogens is 200 g/mol. The van der Waals surface area contributed by atoms with E-state index in [-0.39, 0.29) is 0 Å². The Kier molecular flexibility index (Phi) is 6.12. The molecule has 1 unspecified atom stereocenters. The summed E-state index contributed by atoms with van der Waals surface area (Å²) < 4.78 is 5.23. The highest BCUT2D eigenvalue weighted by atomic mass is 16.5. The van der Waals surface area contributed by atoms with Crippen LogP contribution in [-0.4, -0.2) is 18.3 Å². The topological polar surface area (TPSA) is 29.5 Å². The highest BCUT2D eigenvalue weighted by molar-refractivity contribution is 5.24. The molecule has 1 rings (SSSR count). The Morgan fingerprint density at radius 2 is 1.88 bits per heavy atom. The third kappa shape index (κ3) is 4.33. The van der Waals surface area contributed by atoms with Gasteiger partial charge in [-0.05, 0) is 24.5 Å². The van der Waals surface area contributed by atoms with Crippen molar-refractivity contribution in [2.45, 2.75) is 39.2 Å². The number of ether oxygens (including phenoxy) is 1. The standard InChI is InChI=1S/C14H22O2/c1-3-5-12-6-8-13(9-7-12)14(15)10-11-16-4-2/h6-9,14-15H,3-5,10-11H2,1-2H3. The van der Waals surface area contributed by atoms with Crippen molar-refractivity contribution >= 4 is 0 Å². The molecule has 0 amide bonds. The Balaban J connectivity index is 2.46. The van der Waals surface area contributed by atoms with E-state index in [4.69, 9.17) is 4.74 Å². The van der Waals surface area contributed by atoms with E-state index in [0.717, 1.165) is 18.4 Å². The quantitative estimate of drug-likeness (QED) is 0.718. The molecule has 2 nitrogen and oxygen atoms in total. The molecule has 0 bridgehead atoms. The van der Waals surface area contributed by atoms with Gasteiger partial charge in [-0.3, -0.25) is 0 Å². The first-order valence-corrected chi connectivity index (χ1v) is 6.12. The second kappa shape index (κ2) is 7.42. The fourth-order valence-corrected chi connectivity index (χ4v) is 1.70. The first-order valence-electron chi connectivity index (χ1n) is 6.12. The van der Waals surface area contributed by atoms with Gasteiger partial charge in [0, 0.05) is 19.6 Å². The summed E-state index contributed by atoms with van der Waals surface area (Å²) in [4.78, 5) is 0. The smallest absolute Gasteiger partial charge is 0.0812 e. The van der Waals surface area contributed by atoms with Crippen molar-refractivity contribution in [3.05, 3.63) is 35.4 Å². The van der Waals surface area contributed by atoms with Crippen molar-refractivity contribution in [3.63, 3.8) is 0 Å². The molecule has 0 aromatic heterocycles. The number of rotatable bonds is 7. The molecule has 0 heterocycles. The number of hydrogen-bond acceptors (Lipinski definition) is 2. The third-order valence-corrected chi connectivity index (χ3v) is 2.64. The predicted octanol–water partition coefficient (Wildman–Crippen LogP) is 3.10. The van der Waals surface area contributed by atoms with Gasteiger partial charge in [-0.2, -0.15) is 0 Å². The summed E-state index contributed by atoms with van der Waals surface area (Å²) in [5.74, 6) is 0.